The number of hydrogen-bond acceptors (Lipinski definition) is 7. The zero-order valence-corrected chi connectivity index (χ0v) is 22.6. The van der Waals surface area contributed by atoms with Gasteiger partial charge in [-0.3, -0.25) is 9.89 Å². The van der Waals surface area contributed by atoms with Gasteiger partial charge in [-0.15, -0.1) is 0 Å². The molecule has 5 rings (SSSR count). The van der Waals surface area contributed by atoms with Crippen molar-refractivity contribution >= 4 is 5.91 Å². The summed E-state index contributed by atoms with van der Waals surface area (Å²) in [4.78, 5) is 27.4. The molecule has 0 radical (unpaired) electrons. The van der Waals surface area contributed by atoms with Gasteiger partial charge in [-0.2, -0.15) is 10.2 Å². The Hall–Kier alpha value is -3.99. The second kappa shape index (κ2) is 11.0. The highest BCUT2D eigenvalue weighted by Gasteiger charge is 2.43. The van der Waals surface area contributed by atoms with Crippen LogP contribution in [0.2, 0.25) is 0 Å². The van der Waals surface area contributed by atoms with E-state index in [0.29, 0.717) is 25.1 Å². The Balaban J connectivity index is 1.22. The Morgan fingerprint density at radius 3 is 2.62 bits per heavy atom. The van der Waals surface area contributed by atoms with Crippen LogP contribution in [0.3, 0.4) is 0 Å². The zero-order valence-electron chi connectivity index (χ0n) is 22.6. The number of pyridine rings is 1. The third kappa shape index (κ3) is 5.88. The van der Waals surface area contributed by atoms with Crippen molar-refractivity contribution in [3.05, 3.63) is 82.8 Å². The van der Waals surface area contributed by atoms with Crippen molar-refractivity contribution in [1.82, 2.24) is 40.2 Å². The highest BCUT2D eigenvalue weighted by molar-refractivity contribution is 5.85. The lowest BCUT2D eigenvalue weighted by Gasteiger charge is -2.38. The predicted molar refractivity (Wildman–Crippen MR) is 142 cm³/mol. The highest BCUT2D eigenvalue weighted by atomic mass is 19.1. The number of amides is 1. The van der Waals surface area contributed by atoms with Crippen LogP contribution in [-0.2, 0) is 16.0 Å². The van der Waals surface area contributed by atoms with Crippen LogP contribution >= 0.6 is 0 Å². The van der Waals surface area contributed by atoms with E-state index in [2.05, 4.69) is 25.6 Å². The van der Waals surface area contributed by atoms with Crippen molar-refractivity contribution in [2.24, 2.45) is 0 Å². The van der Waals surface area contributed by atoms with Gasteiger partial charge in [0.2, 0.25) is 0 Å². The maximum absolute atomic E-state index is 13.4. The van der Waals surface area contributed by atoms with E-state index in [9.17, 15) is 9.18 Å². The van der Waals surface area contributed by atoms with Gasteiger partial charge in [0.1, 0.15) is 11.4 Å². The van der Waals surface area contributed by atoms with Crippen molar-refractivity contribution < 1.29 is 13.9 Å². The van der Waals surface area contributed by atoms with E-state index in [0.717, 1.165) is 53.2 Å². The van der Waals surface area contributed by atoms with Crippen LogP contribution in [0.1, 0.15) is 78.7 Å². The number of carbonyl (C=O) groups is 1. The molecule has 2 N–H and O–H groups in total. The van der Waals surface area contributed by atoms with Crippen molar-refractivity contribution in [1.29, 1.82) is 0 Å². The number of halogens is 1. The van der Waals surface area contributed by atoms with E-state index in [1.165, 1.54) is 10.9 Å². The largest absolute Gasteiger partial charge is 0.368 e. The van der Waals surface area contributed by atoms with Crippen molar-refractivity contribution in [2.75, 3.05) is 7.11 Å². The summed E-state index contributed by atoms with van der Waals surface area (Å²) in [5.74, 6) is 0.892. The number of nitrogens with zero attached hydrogens (tertiary/aromatic N) is 6. The molecule has 1 atom stereocenters. The number of rotatable bonds is 8. The molecular weight excluding hydrogens is 499 g/mol. The lowest BCUT2D eigenvalue weighted by molar-refractivity contribution is -0.148. The summed E-state index contributed by atoms with van der Waals surface area (Å²) in [5, 5.41) is 14.3. The van der Waals surface area contributed by atoms with Crippen LogP contribution in [0.4, 0.5) is 4.39 Å². The molecule has 0 saturated heterocycles. The van der Waals surface area contributed by atoms with Crippen LogP contribution in [0, 0.1) is 19.7 Å². The van der Waals surface area contributed by atoms with Crippen LogP contribution in [0.25, 0.3) is 5.82 Å². The highest BCUT2D eigenvalue weighted by Crippen LogP contribution is 2.39. The summed E-state index contributed by atoms with van der Waals surface area (Å²) >= 11 is 0. The fourth-order valence-electron chi connectivity index (χ4n) is 5.18. The third-order valence-corrected chi connectivity index (χ3v) is 7.41. The molecule has 1 amide bonds. The standard InChI is InChI=1S/C28H33FN8O2/c1-17-11-23(13-24-12-18(2)35-36-24)34-26(32-17)20-7-9-28(39-4,10-8-20)27(38)33-19(3)21-5-6-25(30-14-21)37-16-22(29)15-31-37/h5-6,11-12,14-16,19-20H,7-10,13H2,1-4H3,(H,33,38)(H,35,36)/t19-,20?,28?/m0/s1. The molecule has 4 aromatic heterocycles. The summed E-state index contributed by atoms with van der Waals surface area (Å²) in [6, 6.07) is 7.33. The topological polar surface area (TPSA) is 124 Å². The molecule has 4 aromatic rings. The molecule has 4 heterocycles. The third-order valence-electron chi connectivity index (χ3n) is 7.41. The van der Waals surface area contributed by atoms with E-state index in [4.69, 9.17) is 14.7 Å². The minimum Gasteiger partial charge on any atom is -0.368 e. The van der Waals surface area contributed by atoms with E-state index >= 15 is 0 Å². The minimum absolute atomic E-state index is 0.145. The molecule has 204 valence electrons. The monoisotopic (exact) mass is 532 g/mol. The minimum atomic E-state index is -0.913. The number of hydrogen-bond donors (Lipinski definition) is 2. The lowest BCUT2D eigenvalue weighted by atomic mass is 9.77. The zero-order chi connectivity index (χ0) is 27.6. The van der Waals surface area contributed by atoms with Gasteiger partial charge in [0.15, 0.2) is 11.6 Å². The van der Waals surface area contributed by atoms with Crippen molar-refractivity contribution in [2.45, 2.75) is 70.4 Å². The van der Waals surface area contributed by atoms with Crippen LogP contribution in [0.5, 0.6) is 0 Å². The van der Waals surface area contributed by atoms with E-state index in [-0.39, 0.29) is 17.9 Å². The molecule has 10 nitrogen and oxygen atoms in total. The number of H-pyrrole nitrogens is 1. The fraction of sp³-hybridized carbons (Fsp3) is 0.429. The molecule has 0 spiro atoms. The molecule has 0 aliphatic heterocycles. The first-order chi connectivity index (χ1) is 18.7. The Morgan fingerprint density at radius 2 is 2.00 bits per heavy atom. The summed E-state index contributed by atoms with van der Waals surface area (Å²) in [5.41, 5.74) is 3.75. The molecule has 1 aliphatic rings. The summed E-state index contributed by atoms with van der Waals surface area (Å²) < 4.78 is 20.5. The molecular formula is C28H33FN8O2. The number of nitrogens with one attached hydrogen (secondary N) is 2. The average Bonchev–Trinajstić information content (AvgIpc) is 3.55. The number of carbonyl (C=O) groups excluding carboxylic acids is 1. The van der Waals surface area contributed by atoms with Crippen LogP contribution < -0.4 is 5.32 Å². The lowest BCUT2D eigenvalue weighted by Crippen LogP contribution is -2.50. The Morgan fingerprint density at radius 1 is 1.21 bits per heavy atom. The van der Waals surface area contributed by atoms with E-state index in [1.54, 1.807) is 19.4 Å². The van der Waals surface area contributed by atoms with Crippen LogP contribution in [-0.4, -0.2) is 53.5 Å². The van der Waals surface area contributed by atoms with Gasteiger partial charge in [0.05, 0.1) is 29.8 Å². The molecule has 1 saturated carbocycles. The smallest absolute Gasteiger partial charge is 0.252 e. The molecule has 0 aromatic carbocycles. The maximum Gasteiger partial charge on any atom is 0.252 e. The van der Waals surface area contributed by atoms with Gasteiger partial charge >= 0.3 is 0 Å². The maximum atomic E-state index is 13.4. The number of aryl methyl sites for hydroxylation is 2. The second-order valence-electron chi connectivity index (χ2n) is 10.3. The summed E-state index contributed by atoms with van der Waals surface area (Å²) in [6.45, 7) is 5.86. The molecule has 1 aliphatic carbocycles. The molecule has 11 heteroatoms. The second-order valence-corrected chi connectivity index (χ2v) is 10.3. The Bertz CT molecular complexity index is 1440. The number of aromatic amines is 1. The number of ether oxygens (including phenoxy) is 1. The predicted octanol–water partition coefficient (Wildman–Crippen LogP) is 4.05. The van der Waals surface area contributed by atoms with Crippen molar-refractivity contribution in [3.8, 4) is 5.82 Å². The first-order valence-corrected chi connectivity index (χ1v) is 13.1. The summed E-state index contributed by atoms with van der Waals surface area (Å²) in [7, 11) is 1.59. The first kappa shape index (κ1) is 26.6. The summed E-state index contributed by atoms with van der Waals surface area (Å²) in [6.07, 6.45) is 7.32. The van der Waals surface area contributed by atoms with E-state index in [1.807, 2.05) is 39.0 Å². The quantitative estimate of drug-likeness (QED) is 0.351. The van der Waals surface area contributed by atoms with Gasteiger partial charge in [0.25, 0.3) is 5.91 Å². The Labute approximate surface area is 226 Å². The normalized spacial score (nSPS) is 20.1. The molecule has 0 unspecified atom stereocenters. The average molecular weight is 533 g/mol. The molecule has 39 heavy (non-hydrogen) atoms. The van der Waals surface area contributed by atoms with Gasteiger partial charge in [-0.05, 0) is 70.2 Å². The number of aromatic nitrogens is 7. The van der Waals surface area contributed by atoms with Gasteiger partial charge in [-0.1, -0.05) is 6.07 Å². The SMILES string of the molecule is COC1(C(=O)N[C@@H](C)c2ccc(-n3cc(F)cn3)nc2)CCC(c2nc(C)cc(Cc3cc(C)[nH]n3)n2)CC1. The van der Waals surface area contributed by atoms with Crippen LogP contribution in [0.15, 0.2) is 42.9 Å². The van der Waals surface area contributed by atoms with E-state index < -0.39 is 11.4 Å². The fourth-order valence-corrected chi connectivity index (χ4v) is 5.18. The molecule has 0 bridgehead atoms. The first-order valence-electron chi connectivity index (χ1n) is 13.1. The Kier molecular flexibility index (Phi) is 7.51. The van der Waals surface area contributed by atoms with Crippen molar-refractivity contribution in [3.63, 3.8) is 0 Å². The number of methoxy groups -OCH3 is 1. The van der Waals surface area contributed by atoms with Gasteiger partial charge in [-0.25, -0.2) is 24.0 Å². The molecule has 1 fully saturated rings. The van der Waals surface area contributed by atoms with Gasteiger partial charge in [0, 0.05) is 37.0 Å². The van der Waals surface area contributed by atoms with Gasteiger partial charge < -0.3 is 10.1 Å².